The van der Waals surface area contributed by atoms with Gasteiger partial charge in [-0.05, 0) is 80.4 Å². The van der Waals surface area contributed by atoms with Crippen LogP contribution in [0.3, 0.4) is 0 Å². The van der Waals surface area contributed by atoms with Gasteiger partial charge in [-0.25, -0.2) is 4.98 Å². The second-order valence-electron chi connectivity index (χ2n) is 8.98. The zero-order valence-corrected chi connectivity index (χ0v) is 21.7. The molecule has 0 saturated heterocycles. The number of anilines is 3. The summed E-state index contributed by atoms with van der Waals surface area (Å²) in [6.45, 7) is 10.4. The van der Waals surface area contributed by atoms with Gasteiger partial charge in [0.2, 0.25) is 0 Å². The number of aromatic hydroxyl groups is 1. The monoisotopic (exact) mass is 489 g/mol. The van der Waals surface area contributed by atoms with Gasteiger partial charge in [-0.15, -0.1) is 0 Å². The summed E-state index contributed by atoms with van der Waals surface area (Å²) in [5.41, 5.74) is 4.28. The number of benzene rings is 2. The van der Waals surface area contributed by atoms with Gasteiger partial charge in [0.1, 0.15) is 11.6 Å². The van der Waals surface area contributed by atoms with E-state index in [4.69, 9.17) is 0 Å². The van der Waals surface area contributed by atoms with Gasteiger partial charge in [-0.3, -0.25) is 9.69 Å². The van der Waals surface area contributed by atoms with E-state index in [1.165, 1.54) is 0 Å². The smallest absolute Gasteiger partial charge is 0.251 e. The molecule has 0 spiro atoms. The molecule has 0 unspecified atom stereocenters. The molecule has 0 aliphatic heterocycles. The van der Waals surface area contributed by atoms with Gasteiger partial charge in [0, 0.05) is 54.4 Å². The molecule has 1 aromatic heterocycles. The fourth-order valence-electron chi connectivity index (χ4n) is 4.03. The van der Waals surface area contributed by atoms with Crippen molar-refractivity contribution in [1.82, 2.24) is 15.2 Å². The Morgan fingerprint density at radius 2 is 1.67 bits per heavy atom. The van der Waals surface area contributed by atoms with Gasteiger partial charge in [0.25, 0.3) is 5.91 Å². The molecule has 7 nitrogen and oxygen atoms in total. The number of aromatic nitrogens is 1. The highest BCUT2D eigenvalue weighted by Crippen LogP contribution is 2.22. The lowest BCUT2D eigenvalue weighted by Gasteiger charge is -2.22. The van der Waals surface area contributed by atoms with Crippen molar-refractivity contribution in [1.29, 1.82) is 0 Å². The first-order chi connectivity index (χ1) is 17.5. The van der Waals surface area contributed by atoms with Crippen LogP contribution in [0.1, 0.15) is 61.5 Å². The molecule has 0 aliphatic carbocycles. The predicted octanol–water partition coefficient (Wildman–Crippen LogP) is 5.90. The zero-order valence-electron chi connectivity index (χ0n) is 21.7. The lowest BCUT2D eigenvalue weighted by molar-refractivity contribution is 0.0951. The Bertz CT molecular complexity index is 1100. The number of amides is 1. The molecule has 1 amide bonds. The van der Waals surface area contributed by atoms with E-state index in [-0.39, 0.29) is 5.91 Å². The van der Waals surface area contributed by atoms with E-state index >= 15 is 0 Å². The highest BCUT2D eigenvalue weighted by molar-refractivity contribution is 5.94. The average molecular weight is 490 g/mol. The van der Waals surface area contributed by atoms with Gasteiger partial charge in [-0.2, -0.15) is 0 Å². The summed E-state index contributed by atoms with van der Waals surface area (Å²) in [5.74, 6) is 0.997. The zero-order chi connectivity index (χ0) is 25.8. The molecule has 0 aliphatic rings. The lowest BCUT2D eigenvalue weighted by Crippen LogP contribution is -2.25. The van der Waals surface area contributed by atoms with Crippen molar-refractivity contribution in [2.75, 3.05) is 30.3 Å². The predicted molar refractivity (Wildman–Crippen MR) is 148 cm³/mol. The van der Waals surface area contributed by atoms with E-state index in [2.05, 4.69) is 46.6 Å². The summed E-state index contributed by atoms with van der Waals surface area (Å²) in [5, 5.41) is 20.0. The van der Waals surface area contributed by atoms with Gasteiger partial charge in [-0.1, -0.05) is 26.8 Å². The number of phenolic OH excluding ortho intramolecular Hbond substituents is 1. The van der Waals surface area contributed by atoms with Crippen LogP contribution in [0.5, 0.6) is 5.75 Å². The molecule has 0 saturated carbocycles. The fraction of sp³-hybridized carbons (Fsp3) is 0.379. The number of rotatable bonds is 14. The number of nitrogens with zero attached hydrogens (tertiary/aromatic N) is 2. The average Bonchev–Trinajstić information content (AvgIpc) is 2.88. The molecule has 0 atom stereocenters. The Morgan fingerprint density at radius 3 is 2.36 bits per heavy atom. The third-order valence-corrected chi connectivity index (χ3v) is 5.82. The SMILES string of the molecule is CCCNc1cc(Nc2ccc(C(=O)NCc3ccc(O)c(CN(CCC)CCC)c3)cc2)ccn1. The Balaban J connectivity index is 1.57. The van der Waals surface area contributed by atoms with E-state index in [9.17, 15) is 9.90 Å². The van der Waals surface area contributed by atoms with Gasteiger partial charge < -0.3 is 21.1 Å². The van der Waals surface area contributed by atoms with Crippen molar-refractivity contribution in [3.63, 3.8) is 0 Å². The van der Waals surface area contributed by atoms with Crippen molar-refractivity contribution in [3.05, 3.63) is 77.5 Å². The normalized spacial score (nSPS) is 10.9. The third kappa shape index (κ3) is 8.27. The van der Waals surface area contributed by atoms with Crippen LogP contribution in [0.2, 0.25) is 0 Å². The quantitative estimate of drug-likeness (QED) is 0.225. The molecule has 192 valence electrons. The first kappa shape index (κ1) is 27.0. The number of nitrogens with one attached hydrogen (secondary N) is 3. The van der Waals surface area contributed by atoms with Gasteiger partial charge in [0.15, 0.2) is 0 Å². The first-order valence-corrected chi connectivity index (χ1v) is 12.9. The minimum atomic E-state index is -0.135. The Labute approximate surface area is 215 Å². The van der Waals surface area contributed by atoms with Crippen LogP contribution < -0.4 is 16.0 Å². The van der Waals surface area contributed by atoms with Gasteiger partial charge >= 0.3 is 0 Å². The summed E-state index contributed by atoms with van der Waals surface area (Å²) in [4.78, 5) is 19.4. The van der Waals surface area contributed by atoms with Crippen molar-refractivity contribution in [2.45, 2.75) is 53.1 Å². The van der Waals surface area contributed by atoms with Crippen LogP contribution in [0, 0.1) is 0 Å². The molecule has 0 radical (unpaired) electrons. The number of hydrogen-bond acceptors (Lipinski definition) is 6. The molecule has 0 bridgehead atoms. The Hall–Kier alpha value is -3.58. The maximum atomic E-state index is 12.7. The van der Waals surface area contributed by atoms with Gasteiger partial charge in [0.05, 0.1) is 0 Å². The maximum absolute atomic E-state index is 12.7. The fourth-order valence-corrected chi connectivity index (χ4v) is 4.03. The first-order valence-electron chi connectivity index (χ1n) is 12.9. The van der Waals surface area contributed by atoms with Crippen LogP contribution in [0.15, 0.2) is 60.8 Å². The van der Waals surface area contributed by atoms with Crippen LogP contribution in [-0.2, 0) is 13.1 Å². The summed E-state index contributed by atoms with van der Waals surface area (Å²) in [7, 11) is 0. The number of hydrogen-bond donors (Lipinski definition) is 4. The van der Waals surface area contributed by atoms with Crippen LogP contribution in [0.4, 0.5) is 17.2 Å². The molecule has 4 N–H and O–H groups in total. The lowest BCUT2D eigenvalue weighted by atomic mass is 10.1. The second kappa shape index (κ2) is 14.1. The molecule has 36 heavy (non-hydrogen) atoms. The topological polar surface area (TPSA) is 89.5 Å². The van der Waals surface area contributed by atoms with E-state index in [1.54, 1.807) is 12.3 Å². The number of pyridine rings is 1. The minimum Gasteiger partial charge on any atom is -0.508 e. The van der Waals surface area contributed by atoms with E-state index in [0.29, 0.717) is 24.4 Å². The van der Waals surface area contributed by atoms with Crippen LogP contribution in [0.25, 0.3) is 0 Å². The van der Waals surface area contributed by atoms with Crippen molar-refractivity contribution in [2.24, 2.45) is 0 Å². The maximum Gasteiger partial charge on any atom is 0.251 e. The van der Waals surface area contributed by atoms with Crippen LogP contribution in [-0.4, -0.2) is 40.5 Å². The van der Waals surface area contributed by atoms with Crippen molar-refractivity contribution >= 4 is 23.1 Å². The molecule has 0 fully saturated rings. The molecule has 3 rings (SSSR count). The highest BCUT2D eigenvalue weighted by Gasteiger charge is 2.10. The van der Waals surface area contributed by atoms with E-state index in [1.807, 2.05) is 48.5 Å². The molecular formula is C29H39N5O2. The Kier molecular flexibility index (Phi) is 10.6. The molecule has 3 aromatic rings. The molecule has 2 aromatic carbocycles. The summed E-state index contributed by atoms with van der Waals surface area (Å²) in [6, 6.07) is 16.8. The third-order valence-electron chi connectivity index (χ3n) is 5.82. The van der Waals surface area contributed by atoms with E-state index in [0.717, 1.165) is 67.2 Å². The van der Waals surface area contributed by atoms with E-state index < -0.39 is 0 Å². The van der Waals surface area contributed by atoms with Crippen molar-refractivity contribution in [3.8, 4) is 5.75 Å². The number of carbonyl (C=O) groups excluding carboxylic acids is 1. The standard InChI is InChI=1S/C29H39N5O2/c1-4-14-30-28-19-26(13-15-31-28)33-25-10-8-23(9-11-25)29(36)32-20-22-7-12-27(35)24(18-22)21-34(16-5-2)17-6-3/h7-13,15,18-19,35H,4-6,14,16-17,20-21H2,1-3H3,(H,32,36)(H2,30,31,33). The summed E-state index contributed by atoms with van der Waals surface area (Å²) >= 11 is 0. The highest BCUT2D eigenvalue weighted by atomic mass is 16.3. The largest absolute Gasteiger partial charge is 0.508 e. The van der Waals surface area contributed by atoms with Crippen molar-refractivity contribution < 1.29 is 9.90 Å². The molecule has 7 heteroatoms. The number of carbonyl (C=O) groups is 1. The second-order valence-corrected chi connectivity index (χ2v) is 8.98. The minimum absolute atomic E-state index is 0.135. The Morgan fingerprint density at radius 1 is 0.917 bits per heavy atom. The van der Waals surface area contributed by atoms with Crippen LogP contribution >= 0.6 is 0 Å². The molecule has 1 heterocycles. The number of phenols is 1. The summed E-state index contributed by atoms with van der Waals surface area (Å²) in [6.07, 6.45) is 4.95. The summed E-state index contributed by atoms with van der Waals surface area (Å²) < 4.78 is 0. The molecular weight excluding hydrogens is 450 g/mol.